The molecule has 0 saturated carbocycles. The van der Waals surface area contributed by atoms with E-state index in [1.807, 2.05) is 48.5 Å². The summed E-state index contributed by atoms with van der Waals surface area (Å²) in [4.78, 5) is 74.3. The zero-order valence-corrected chi connectivity index (χ0v) is 35.9. The minimum atomic E-state index is -1.62. The van der Waals surface area contributed by atoms with Crippen molar-refractivity contribution in [1.82, 2.24) is 5.32 Å². The van der Waals surface area contributed by atoms with Crippen LogP contribution in [0.5, 0.6) is 0 Å². The smallest absolute Gasteiger partial charge is 0.542 e. The van der Waals surface area contributed by atoms with Crippen LogP contribution in [0.1, 0.15) is 79.4 Å². The summed E-state index contributed by atoms with van der Waals surface area (Å²) in [7, 11) is 0. The van der Waals surface area contributed by atoms with E-state index in [1.54, 1.807) is 19.1 Å². The van der Waals surface area contributed by atoms with Crippen LogP contribution >= 0.6 is 24.0 Å². The van der Waals surface area contributed by atoms with Gasteiger partial charge in [-0.2, -0.15) is 0 Å². The van der Waals surface area contributed by atoms with Crippen molar-refractivity contribution in [2.75, 3.05) is 0 Å². The van der Waals surface area contributed by atoms with Crippen molar-refractivity contribution in [3.63, 3.8) is 0 Å². The van der Waals surface area contributed by atoms with Gasteiger partial charge in [-0.25, -0.2) is 9.59 Å². The molecule has 4 atom stereocenters. The molecule has 0 aliphatic carbocycles. The predicted octanol–water partition coefficient (Wildman–Crippen LogP) is 1.54. The number of aliphatic carboxylic acids is 2. The number of aldehydes is 1. The summed E-state index contributed by atoms with van der Waals surface area (Å²) >= 11 is 0. The number of ether oxygens (including phenoxy) is 2. The average Bonchev–Trinajstić information content (AvgIpc) is 3.09. The minimum absolute atomic E-state index is 0. The summed E-state index contributed by atoms with van der Waals surface area (Å²) in [6.45, 7) is 15.2. The number of esters is 1. The molecular formula is C37H53INNaO12. The van der Waals surface area contributed by atoms with Crippen LogP contribution in [0, 0.1) is 23.7 Å². The van der Waals surface area contributed by atoms with Crippen LogP contribution < -0.4 is 40.0 Å². The number of halogens is 1. The Morgan fingerprint density at radius 2 is 1.21 bits per heavy atom. The second kappa shape index (κ2) is 32.5. The summed E-state index contributed by atoms with van der Waals surface area (Å²) in [5.74, 6) is -5.21. The maximum Gasteiger partial charge on any atom is 1.00 e. The number of ketones is 2. The van der Waals surface area contributed by atoms with Gasteiger partial charge in [0.05, 0.1) is 24.5 Å². The molecule has 13 nitrogen and oxygen atoms in total. The standard InChI is InChI=1S/C15H19NO6.C12H14O3.C6H14.C4H6O3.HI.Na/c1-9(13(18)14(19)20)12(17)10(2)16-15(21)22-8-11-6-4-3-5-7-11;1-10(8-13)7-12(14)15-9-11-5-3-2-4-6-11;1-5(2)6(3)4;1-2-3(5)4(6)7;;/h3-7,9-10,12,17H,8H2,1-2H3,(H,16,21)(H,19,20);2-6,8,10H,7,9H2,1H3;5-6H,1-4H3;2H2,1H3,(H,6,7);1H;/q;;;;;+1/p-1. The van der Waals surface area contributed by atoms with Gasteiger partial charge in [0, 0.05) is 12.3 Å². The number of amides is 1. The molecule has 0 saturated heterocycles. The summed E-state index contributed by atoms with van der Waals surface area (Å²) in [6, 6.07) is 17.6. The van der Waals surface area contributed by atoms with Crippen molar-refractivity contribution in [1.29, 1.82) is 0 Å². The maximum absolute atomic E-state index is 11.6. The van der Waals surface area contributed by atoms with Crippen LogP contribution in [-0.4, -0.2) is 64.2 Å². The summed E-state index contributed by atoms with van der Waals surface area (Å²) in [5, 5.41) is 30.3. The van der Waals surface area contributed by atoms with E-state index in [2.05, 4.69) is 33.0 Å². The molecule has 52 heavy (non-hydrogen) atoms. The van der Waals surface area contributed by atoms with Crippen molar-refractivity contribution in [2.24, 2.45) is 23.7 Å². The van der Waals surface area contributed by atoms with Crippen LogP contribution in [0.3, 0.4) is 0 Å². The Morgan fingerprint density at radius 3 is 1.54 bits per heavy atom. The average molecular weight is 854 g/mol. The molecule has 0 bridgehead atoms. The fraction of sp³-hybridized carbons (Fsp3) is 0.486. The third kappa shape index (κ3) is 28.4. The Balaban J connectivity index is -0.000000331. The van der Waals surface area contributed by atoms with Gasteiger partial charge in [0.25, 0.3) is 0 Å². The van der Waals surface area contributed by atoms with Crippen molar-refractivity contribution in [2.45, 2.75) is 93.6 Å². The number of hydrogen-bond donors (Lipinski definition) is 3. The van der Waals surface area contributed by atoms with E-state index in [1.165, 1.54) is 20.8 Å². The summed E-state index contributed by atoms with van der Waals surface area (Å²) in [6.07, 6.45) is -1.17. The number of aliphatic hydroxyl groups excluding tert-OH is 1. The van der Waals surface area contributed by atoms with Crippen LogP contribution in [0.2, 0.25) is 0 Å². The van der Waals surface area contributed by atoms with E-state index in [-0.39, 0.29) is 91.5 Å². The van der Waals surface area contributed by atoms with Crippen molar-refractivity contribution in [3.8, 4) is 0 Å². The number of hydrogen-bond acceptors (Lipinski definition) is 11. The Bertz CT molecular complexity index is 1320. The van der Waals surface area contributed by atoms with E-state index < -0.39 is 47.7 Å². The molecule has 0 aliphatic rings. The molecule has 4 unspecified atom stereocenters. The third-order valence-corrected chi connectivity index (χ3v) is 7.05. The molecule has 15 heteroatoms. The van der Waals surface area contributed by atoms with E-state index in [4.69, 9.17) is 14.6 Å². The summed E-state index contributed by atoms with van der Waals surface area (Å²) in [5.41, 5.74) is 1.75. The fourth-order valence-corrected chi connectivity index (χ4v) is 3.07. The normalized spacial score (nSPS) is 11.9. The molecule has 2 aromatic rings. The number of carbonyl (C=O) groups excluding carboxylic acids is 6. The number of carbonyl (C=O) groups is 7. The Hall–Kier alpha value is -3.18. The van der Waals surface area contributed by atoms with Crippen LogP contribution in [0.4, 0.5) is 4.79 Å². The van der Waals surface area contributed by atoms with E-state index in [0.29, 0.717) is 0 Å². The van der Waals surface area contributed by atoms with Crippen molar-refractivity contribution < 1.29 is 87.9 Å². The fourth-order valence-electron chi connectivity index (χ4n) is 3.07. The zero-order valence-electron chi connectivity index (χ0n) is 31.5. The molecule has 2 aromatic carbocycles. The van der Waals surface area contributed by atoms with Crippen LogP contribution in [-0.2, 0) is 51.5 Å². The SMILES string of the molecule is CC(C)C(C)C.CC(C=O)CC(=O)OCc1ccccc1.CC(NC(=O)OCc1ccccc1)C(O)C(C)C(=O)C(=O)O.CCC(=O)C(=O)[O-].I.[Na+]. The first-order valence-electron chi connectivity index (χ1n) is 16.2. The van der Waals surface area contributed by atoms with Gasteiger partial charge < -0.3 is 39.7 Å². The number of aliphatic hydroxyl groups is 1. The third-order valence-electron chi connectivity index (χ3n) is 7.05. The van der Waals surface area contributed by atoms with Crippen LogP contribution in [0.15, 0.2) is 60.7 Å². The molecular weight excluding hydrogens is 800 g/mol. The quantitative estimate of drug-likeness (QED) is 0.0766. The molecule has 0 radical (unpaired) electrons. The molecule has 2 rings (SSSR count). The van der Waals surface area contributed by atoms with Gasteiger partial charge >= 0.3 is 47.6 Å². The Labute approximate surface area is 345 Å². The van der Waals surface area contributed by atoms with Crippen molar-refractivity contribution >= 4 is 65.8 Å². The number of benzene rings is 2. The van der Waals surface area contributed by atoms with Crippen LogP contribution in [0.25, 0.3) is 0 Å². The number of rotatable bonds is 15. The number of Topliss-reactive ketones (excluding diaryl/α,β-unsaturated/α-hetero) is 2. The zero-order chi connectivity index (χ0) is 38.8. The predicted molar refractivity (Wildman–Crippen MR) is 199 cm³/mol. The van der Waals surface area contributed by atoms with E-state index in [0.717, 1.165) is 29.2 Å². The maximum atomic E-state index is 11.6. The second-order valence-electron chi connectivity index (χ2n) is 12.0. The van der Waals surface area contributed by atoms with Gasteiger partial charge in [0.1, 0.15) is 25.5 Å². The van der Waals surface area contributed by atoms with Gasteiger partial charge in [0.2, 0.25) is 5.78 Å². The van der Waals surface area contributed by atoms with Gasteiger partial charge in [0.15, 0.2) is 5.78 Å². The van der Waals surface area contributed by atoms with E-state index in [9.17, 15) is 43.8 Å². The number of nitrogens with one attached hydrogen (secondary N) is 1. The molecule has 0 heterocycles. The molecule has 3 N–H and O–H groups in total. The van der Waals surface area contributed by atoms with Gasteiger partial charge in [-0.1, -0.05) is 109 Å². The molecule has 0 aliphatic heterocycles. The van der Waals surface area contributed by atoms with Crippen molar-refractivity contribution in [3.05, 3.63) is 71.8 Å². The number of carboxylic acids is 2. The second-order valence-corrected chi connectivity index (χ2v) is 12.0. The van der Waals surface area contributed by atoms with E-state index >= 15 is 0 Å². The number of alkyl carbamates (subject to hydrolysis) is 1. The minimum Gasteiger partial charge on any atom is -0.542 e. The monoisotopic (exact) mass is 853 g/mol. The Kier molecular flexibility index (Phi) is 34.7. The molecule has 0 fully saturated rings. The summed E-state index contributed by atoms with van der Waals surface area (Å²) < 4.78 is 9.98. The molecule has 286 valence electrons. The largest absolute Gasteiger partial charge is 1.00 e. The molecule has 0 aromatic heterocycles. The molecule has 0 spiro atoms. The molecule has 1 amide bonds. The number of carboxylic acid groups (broad SMARTS) is 2. The first kappa shape index (κ1) is 55.6. The van der Waals surface area contributed by atoms with Gasteiger partial charge in [-0.3, -0.25) is 14.4 Å². The Morgan fingerprint density at radius 1 is 0.788 bits per heavy atom. The van der Waals surface area contributed by atoms with Gasteiger partial charge in [-0.15, -0.1) is 24.0 Å². The first-order chi connectivity index (χ1) is 23.4. The topological polar surface area (TPSA) is 213 Å². The first-order valence-corrected chi connectivity index (χ1v) is 16.2. The van der Waals surface area contributed by atoms with Gasteiger partial charge in [-0.05, 0) is 29.9 Å².